The summed E-state index contributed by atoms with van der Waals surface area (Å²) < 4.78 is 5.64. The number of likely N-dealkylation sites (N-methyl/N-ethyl adjacent to an activating group) is 1. The molecule has 1 aromatic carbocycles. The lowest BCUT2D eigenvalue weighted by Gasteiger charge is -2.33. The Balaban J connectivity index is 1.67. The average molecular weight is 331 g/mol. The van der Waals surface area contributed by atoms with Gasteiger partial charge in [0.25, 0.3) is 5.91 Å². The Morgan fingerprint density at radius 1 is 1.38 bits per heavy atom. The topological polar surface area (TPSA) is 61.9 Å². The van der Waals surface area contributed by atoms with Gasteiger partial charge in [0.1, 0.15) is 5.75 Å². The molecular weight excluding hydrogens is 306 g/mol. The molecule has 2 unspecified atom stereocenters. The number of benzene rings is 1. The lowest BCUT2D eigenvalue weighted by molar-refractivity contribution is -0.131. The van der Waals surface area contributed by atoms with Crippen LogP contribution in [0.3, 0.4) is 0 Å². The fourth-order valence-electron chi connectivity index (χ4n) is 3.55. The van der Waals surface area contributed by atoms with Crippen LogP contribution in [-0.4, -0.2) is 55.5 Å². The normalized spacial score (nSPS) is 23.2. The number of carbonyl (C=O) groups is 2. The molecule has 0 saturated carbocycles. The van der Waals surface area contributed by atoms with Crippen LogP contribution in [0.5, 0.6) is 5.75 Å². The summed E-state index contributed by atoms with van der Waals surface area (Å²) in [6.07, 6.45) is 1.92. The predicted molar refractivity (Wildman–Crippen MR) is 92.2 cm³/mol. The van der Waals surface area contributed by atoms with Crippen LogP contribution in [-0.2, 0) is 9.59 Å². The monoisotopic (exact) mass is 331 g/mol. The number of nitrogens with one attached hydrogen (secondary N) is 1. The third-order valence-corrected chi connectivity index (χ3v) is 4.76. The molecule has 24 heavy (non-hydrogen) atoms. The van der Waals surface area contributed by atoms with Gasteiger partial charge in [0, 0.05) is 32.1 Å². The van der Waals surface area contributed by atoms with Crippen molar-refractivity contribution < 1.29 is 14.3 Å². The van der Waals surface area contributed by atoms with E-state index in [9.17, 15) is 9.59 Å². The van der Waals surface area contributed by atoms with Crippen LogP contribution in [0, 0.1) is 0 Å². The van der Waals surface area contributed by atoms with Gasteiger partial charge in [-0.25, -0.2) is 0 Å². The zero-order valence-electron chi connectivity index (χ0n) is 14.3. The van der Waals surface area contributed by atoms with Gasteiger partial charge in [0.2, 0.25) is 5.91 Å². The SMILES string of the molecule is CNCC1CCCN1C(=O)CCN1C(=O)C(C)Oc2ccccc21. The Bertz CT molecular complexity index is 619. The van der Waals surface area contributed by atoms with Gasteiger partial charge in [0.15, 0.2) is 6.10 Å². The molecule has 2 amide bonds. The highest BCUT2D eigenvalue weighted by Gasteiger charge is 2.33. The van der Waals surface area contributed by atoms with Crippen LogP contribution < -0.4 is 15.0 Å². The smallest absolute Gasteiger partial charge is 0.267 e. The number of hydrogen-bond acceptors (Lipinski definition) is 4. The van der Waals surface area contributed by atoms with Crippen molar-refractivity contribution in [3.63, 3.8) is 0 Å². The van der Waals surface area contributed by atoms with Crippen LogP contribution in [0.1, 0.15) is 26.2 Å². The Morgan fingerprint density at radius 2 is 2.17 bits per heavy atom. The highest BCUT2D eigenvalue weighted by atomic mass is 16.5. The molecule has 2 aliphatic rings. The van der Waals surface area contributed by atoms with Crippen molar-refractivity contribution in [2.75, 3.05) is 31.6 Å². The van der Waals surface area contributed by atoms with E-state index in [1.54, 1.807) is 11.8 Å². The molecule has 2 atom stereocenters. The first-order chi connectivity index (χ1) is 11.6. The van der Waals surface area contributed by atoms with Crippen LogP contribution in [0.2, 0.25) is 0 Å². The van der Waals surface area contributed by atoms with E-state index in [4.69, 9.17) is 4.74 Å². The summed E-state index contributed by atoms with van der Waals surface area (Å²) in [4.78, 5) is 28.7. The van der Waals surface area contributed by atoms with Gasteiger partial charge in [0.05, 0.1) is 5.69 Å². The first kappa shape index (κ1) is 16.8. The zero-order chi connectivity index (χ0) is 17.1. The van der Waals surface area contributed by atoms with E-state index < -0.39 is 6.10 Å². The van der Waals surface area contributed by atoms with E-state index in [-0.39, 0.29) is 17.9 Å². The number of carbonyl (C=O) groups excluding carboxylic acids is 2. The average Bonchev–Trinajstić information content (AvgIpc) is 3.04. The Hall–Kier alpha value is -2.08. The molecule has 6 nitrogen and oxygen atoms in total. The maximum atomic E-state index is 12.6. The molecule has 0 radical (unpaired) electrons. The Kier molecular flexibility index (Phi) is 5.04. The Labute approximate surface area is 142 Å². The molecule has 130 valence electrons. The first-order valence-corrected chi connectivity index (χ1v) is 8.63. The summed E-state index contributed by atoms with van der Waals surface area (Å²) >= 11 is 0. The van der Waals surface area contributed by atoms with Crippen molar-refractivity contribution in [2.45, 2.75) is 38.3 Å². The second-order valence-corrected chi connectivity index (χ2v) is 6.41. The number of likely N-dealkylation sites (tertiary alicyclic amines) is 1. The minimum absolute atomic E-state index is 0.0882. The van der Waals surface area contributed by atoms with Gasteiger partial charge in [-0.15, -0.1) is 0 Å². The van der Waals surface area contributed by atoms with Gasteiger partial charge in [-0.05, 0) is 38.9 Å². The predicted octanol–water partition coefficient (Wildman–Crippen LogP) is 1.40. The van der Waals surface area contributed by atoms with Crippen molar-refractivity contribution >= 4 is 17.5 Å². The summed E-state index contributed by atoms with van der Waals surface area (Å²) in [5, 5.41) is 3.15. The van der Waals surface area contributed by atoms with Gasteiger partial charge in [-0.3, -0.25) is 9.59 Å². The highest BCUT2D eigenvalue weighted by molar-refractivity contribution is 6.00. The lowest BCUT2D eigenvalue weighted by atomic mass is 10.1. The zero-order valence-corrected chi connectivity index (χ0v) is 14.3. The minimum Gasteiger partial charge on any atom is -0.479 e. The summed E-state index contributed by atoms with van der Waals surface area (Å²) in [7, 11) is 1.91. The molecular formula is C18H25N3O3. The van der Waals surface area contributed by atoms with Gasteiger partial charge in [-0.2, -0.15) is 0 Å². The van der Waals surface area contributed by atoms with Crippen LogP contribution in [0.25, 0.3) is 0 Å². The number of ether oxygens (including phenoxy) is 1. The van der Waals surface area contributed by atoms with Crippen LogP contribution in [0.4, 0.5) is 5.69 Å². The molecule has 2 heterocycles. The number of rotatable bonds is 5. The van der Waals surface area contributed by atoms with Crippen molar-refractivity contribution in [3.05, 3.63) is 24.3 Å². The van der Waals surface area contributed by atoms with E-state index in [0.717, 1.165) is 31.6 Å². The molecule has 1 N–H and O–H groups in total. The van der Waals surface area contributed by atoms with Crippen molar-refractivity contribution in [3.8, 4) is 5.75 Å². The second kappa shape index (κ2) is 7.21. The summed E-state index contributed by atoms with van der Waals surface area (Å²) in [6.45, 7) is 3.78. The van der Waals surface area contributed by atoms with Crippen LogP contribution >= 0.6 is 0 Å². The fourth-order valence-corrected chi connectivity index (χ4v) is 3.55. The standard InChI is InChI=1S/C18H25N3O3/c1-13-18(23)21(15-7-3-4-8-16(15)24-13)11-9-17(22)20-10-5-6-14(20)12-19-2/h3-4,7-8,13-14,19H,5-6,9-12H2,1-2H3. The summed E-state index contributed by atoms with van der Waals surface area (Å²) in [6, 6.07) is 7.76. The molecule has 1 fully saturated rings. The van der Waals surface area contributed by atoms with E-state index in [2.05, 4.69) is 5.32 Å². The maximum absolute atomic E-state index is 12.6. The molecule has 3 rings (SSSR count). The van der Waals surface area contributed by atoms with Gasteiger partial charge in [-0.1, -0.05) is 12.1 Å². The Morgan fingerprint density at radius 3 is 2.96 bits per heavy atom. The quantitative estimate of drug-likeness (QED) is 0.886. The second-order valence-electron chi connectivity index (χ2n) is 6.41. The number of amides is 2. The van der Waals surface area contributed by atoms with Gasteiger partial charge >= 0.3 is 0 Å². The molecule has 0 spiro atoms. The van der Waals surface area contributed by atoms with E-state index in [1.165, 1.54) is 0 Å². The number of anilines is 1. The first-order valence-electron chi connectivity index (χ1n) is 8.63. The molecule has 0 aliphatic carbocycles. The van der Waals surface area contributed by atoms with E-state index in [0.29, 0.717) is 18.7 Å². The lowest BCUT2D eigenvalue weighted by Crippen LogP contribution is -2.47. The number of nitrogens with zero attached hydrogens (tertiary/aromatic N) is 2. The fraction of sp³-hybridized carbons (Fsp3) is 0.556. The minimum atomic E-state index is -0.515. The van der Waals surface area contributed by atoms with Crippen molar-refractivity contribution in [1.29, 1.82) is 0 Å². The molecule has 1 aromatic rings. The molecule has 6 heteroatoms. The van der Waals surface area contributed by atoms with Crippen molar-refractivity contribution in [2.24, 2.45) is 0 Å². The third-order valence-electron chi connectivity index (χ3n) is 4.76. The number of hydrogen-bond donors (Lipinski definition) is 1. The van der Waals surface area contributed by atoms with E-state index in [1.807, 2.05) is 36.2 Å². The summed E-state index contributed by atoms with van der Waals surface area (Å²) in [5.41, 5.74) is 0.751. The summed E-state index contributed by atoms with van der Waals surface area (Å²) in [5.74, 6) is 0.734. The van der Waals surface area contributed by atoms with Crippen molar-refractivity contribution in [1.82, 2.24) is 10.2 Å². The largest absolute Gasteiger partial charge is 0.479 e. The third kappa shape index (κ3) is 3.24. The molecule has 0 aromatic heterocycles. The van der Waals surface area contributed by atoms with E-state index >= 15 is 0 Å². The molecule has 1 saturated heterocycles. The highest BCUT2D eigenvalue weighted by Crippen LogP contribution is 2.33. The van der Waals surface area contributed by atoms with Crippen LogP contribution in [0.15, 0.2) is 24.3 Å². The molecule has 0 bridgehead atoms. The molecule has 2 aliphatic heterocycles. The maximum Gasteiger partial charge on any atom is 0.267 e. The van der Waals surface area contributed by atoms with Gasteiger partial charge < -0.3 is 19.9 Å². The number of fused-ring (bicyclic) bond motifs is 1. The number of para-hydroxylation sites is 2.